The Hall–Kier alpha value is -1.76. The molecule has 1 amide bonds. The summed E-state index contributed by atoms with van der Waals surface area (Å²) in [7, 11) is 0. The van der Waals surface area contributed by atoms with Crippen molar-refractivity contribution < 1.29 is 18.0 Å². The number of carbonyl (C=O) groups excluding carboxylic acids is 1. The smallest absolute Gasteiger partial charge is 0.399 e. The van der Waals surface area contributed by atoms with E-state index in [9.17, 15) is 18.0 Å². The molecule has 0 aromatic heterocycles. The van der Waals surface area contributed by atoms with Gasteiger partial charge in [0, 0.05) is 17.8 Å². The Morgan fingerprint density at radius 3 is 2.67 bits per heavy atom. The van der Waals surface area contributed by atoms with Crippen LogP contribution in [0.2, 0.25) is 0 Å². The minimum Gasteiger partial charge on any atom is -0.399 e. The number of benzene rings is 1. The van der Waals surface area contributed by atoms with Crippen LogP contribution in [0, 0.1) is 0 Å². The minimum atomic E-state index is -4.21. The molecule has 0 spiro atoms. The number of nitrogen functional groups attached to an aromatic ring is 1. The lowest BCUT2D eigenvalue weighted by Gasteiger charge is -2.21. The highest BCUT2D eigenvalue weighted by molar-refractivity contribution is 5.91. The van der Waals surface area contributed by atoms with Crippen LogP contribution < -0.4 is 11.1 Å². The number of carbonyl (C=O) groups is 1. The fourth-order valence-corrected chi connectivity index (χ4v) is 1.91. The topological polar surface area (TPSA) is 58.4 Å². The molecule has 0 aliphatic rings. The third-order valence-electron chi connectivity index (χ3n) is 2.90. The summed E-state index contributed by atoms with van der Waals surface area (Å²) >= 11 is 0. The first-order chi connectivity index (χ1) is 9.80. The molecule has 21 heavy (non-hydrogen) atoms. The van der Waals surface area contributed by atoms with E-state index in [-0.39, 0.29) is 18.9 Å². The van der Waals surface area contributed by atoms with Crippen LogP contribution in [0.4, 0.5) is 24.5 Å². The first-order valence-corrected chi connectivity index (χ1v) is 6.74. The molecule has 0 saturated heterocycles. The molecule has 0 radical (unpaired) electrons. The molecule has 4 nitrogen and oxygen atoms in total. The maximum Gasteiger partial charge on any atom is 0.401 e. The van der Waals surface area contributed by atoms with E-state index in [4.69, 9.17) is 5.73 Å². The second-order valence-electron chi connectivity index (χ2n) is 4.76. The van der Waals surface area contributed by atoms with E-state index in [2.05, 4.69) is 5.32 Å². The molecule has 0 atom stereocenters. The summed E-state index contributed by atoms with van der Waals surface area (Å²) in [5.74, 6) is -0.233. The number of nitrogens with zero attached hydrogens (tertiary/aromatic N) is 1. The van der Waals surface area contributed by atoms with Crippen molar-refractivity contribution in [3.05, 3.63) is 24.3 Å². The number of rotatable bonds is 7. The highest BCUT2D eigenvalue weighted by atomic mass is 19.4. The number of halogens is 3. The Morgan fingerprint density at radius 2 is 2.10 bits per heavy atom. The van der Waals surface area contributed by atoms with Gasteiger partial charge in [0.1, 0.15) is 0 Å². The fourth-order valence-electron chi connectivity index (χ4n) is 1.91. The fraction of sp³-hybridized carbons (Fsp3) is 0.500. The van der Waals surface area contributed by atoms with E-state index in [1.54, 1.807) is 31.2 Å². The maximum absolute atomic E-state index is 12.3. The lowest BCUT2D eigenvalue weighted by atomic mass is 10.2. The minimum absolute atomic E-state index is 0.170. The largest absolute Gasteiger partial charge is 0.401 e. The molecule has 0 aliphatic carbocycles. The van der Waals surface area contributed by atoms with E-state index in [1.807, 2.05) is 0 Å². The number of amides is 1. The predicted octanol–water partition coefficient (Wildman–Crippen LogP) is 2.87. The number of anilines is 2. The van der Waals surface area contributed by atoms with Crippen LogP contribution in [0.1, 0.15) is 19.8 Å². The third kappa shape index (κ3) is 7.55. The van der Waals surface area contributed by atoms with Gasteiger partial charge in [-0.15, -0.1) is 0 Å². The van der Waals surface area contributed by atoms with Crippen LogP contribution in [0.5, 0.6) is 0 Å². The van der Waals surface area contributed by atoms with Gasteiger partial charge in [-0.3, -0.25) is 9.69 Å². The lowest BCUT2D eigenvalue weighted by molar-refractivity contribution is -0.145. The third-order valence-corrected chi connectivity index (χ3v) is 2.90. The number of hydrogen-bond acceptors (Lipinski definition) is 3. The van der Waals surface area contributed by atoms with E-state index < -0.39 is 12.7 Å². The molecular formula is C14H20F3N3O. The second kappa shape index (κ2) is 7.87. The Bertz CT molecular complexity index is 463. The summed E-state index contributed by atoms with van der Waals surface area (Å²) in [5, 5.41) is 2.66. The van der Waals surface area contributed by atoms with Crippen molar-refractivity contribution in [2.45, 2.75) is 25.9 Å². The lowest BCUT2D eigenvalue weighted by Crippen LogP contribution is -2.35. The molecule has 0 unspecified atom stereocenters. The quantitative estimate of drug-likeness (QED) is 0.762. The SMILES string of the molecule is CCN(CCCC(=O)Nc1cccc(N)c1)CC(F)(F)F. The van der Waals surface area contributed by atoms with Crippen molar-refractivity contribution in [2.24, 2.45) is 0 Å². The van der Waals surface area contributed by atoms with Gasteiger partial charge in [-0.25, -0.2) is 0 Å². The predicted molar refractivity (Wildman–Crippen MR) is 76.9 cm³/mol. The molecule has 0 saturated carbocycles. The van der Waals surface area contributed by atoms with E-state index in [0.29, 0.717) is 24.3 Å². The molecule has 118 valence electrons. The standard InChI is InChI=1S/C14H20F3N3O/c1-2-20(10-14(15,16)17)8-4-7-13(21)19-12-6-3-5-11(18)9-12/h3,5-6,9H,2,4,7-8,10,18H2,1H3,(H,19,21). The molecule has 1 aromatic rings. The van der Waals surface area contributed by atoms with Crippen molar-refractivity contribution in [2.75, 3.05) is 30.7 Å². The highest BCUT2D eigenvalue weighted by Gasteiger charge is 2.29. The molecule has 7 heteroatoms. The number of nitrogens with one attached hydrogen (secondary N) is 1. The van der Waals surface area contributed by atoms with Gasteiger partial charge >= 0.3 is 6.18 Å². The normalized spacial score (nSPS) is 11.7. The monoisotopic (exact) mass is 303 g/mol. The Morgan fingerprint density at radius 1 is 1.38 bits per heavy atom. The Balaban J connectivity index is 2.32. The average Bonchev–Trinajstić information content (AvgIpc) is 2.36. The summed E-state index contributed by atoms with van der Waals surface area (Å²) in [6.07, 6.45) is -3.67. The van der Waals surface area contributed by atoms with E-state index >= 15 is 0 Å². The van der Waals surface area contributed by atoms with Gasteiger partial charge in [-0.05, 0) is 37.7 Å². The van der Waals surface area contributed by atoms with Crippen molar-refractivity contribution in [1.82, 2.24) is 4.90 Å². The van der Waals surface area contributed by atoms with Gasteiger partial charge < -0.3 is 11.1 Å². The molecule has 0 fully saturated rings. The van der Waals surface area contributed by atoms with Crippen molar-refractivity contribution >= 4 is 17.3 Å². The molecule has 0 bridgehead atoms. The van der Waals surface area contributed by atoms with Crippen LogP contribution in [-0.4, -0.2) is 36.6 Å². The van der Waals surface area contributed by atoms with Crippen LogP contribution >= 0.6 is 0 Å². The van der Waals surface area contributed by atoms with Crippen molar-refractivity contribution in [1.29, 1.82) is 0 Å². The number of hydrogen-bond donors (Lipinski definition) is 2. The molecule has 0 heterocycles. The van der Waals surface area contributed by atoms with Gasteiger partial charge in [-0.1, -0.05) is 13.0 Å². The summed E-state index contributed by atoms with van der Waals surface area (Å²) in [5.41, 5.74) is 6.71. The van der Waals surface area contributed by atoms with E-state index in [1.165, 1.54) is 4.90 Å². The zero-order valence-corrected chi connectivity index (χ0v) is 11.9. The van der Waals surface area contributed by atoms with Crippen LogP contribution in [0.3, 0.4) is 0 Å². The maximum atomic E-state index is 12.3. The first kappa shape index (κ1) is 17.3. The number of alkyl halides is 3. The molecular weight excluding hydrogens is 283 g/mol. The van der Waals surface area contributed by atoms with Gasteiger partial charge in [0.2, 0.25) is 5.91 Å². The van der Waals surface area contributed by atoms with Gasteiger partial charge in [0.25, 0.3) is 0 Å². The Labute approximate surface area is 122 Å². The summed E-state index contributed by atoms with van der Waals surface area (Å²) in [4.78, 5) is 13.0. The molecule has 3 N–H and O–H groups in total. The summed E-state index contributed by atoms with van der Waals surface area (Å²) in [6.45, 7) is 1.26. The molecule has 0 aliphatic heterocycles. The van der Waals surface area contributed by atoms with Gasteiger partial charge in [-0.2, -0.15) is 13.2 Å². The zero-order chi connectivity index (χ0) is 15.9. The average molecular weight is 303 g/mol. The van der Waals surface area contributed by atoms with E-state index in [0.717, 1.165) is 0 Å². The van der Waals surface area contributed by atoms with Gasteiger partial charge in [0.05, 0.1) is 6.54 Å². The summed E-state index contributed by atoms with van der Waals surface area (Å²) in [6, 6.07) is 6.75. The van der Waals surface area contributed by atoms with Crippen LogP contribution in [-0.2, 0) is 4.79 Å². The van der Waals surface area contributed by atoms with Crippen LogP contribution in [0.15, 0.2) is 24.3 Å². The van der Waals surface area contributed by atoms with Crippen molar-refractivity contribution in [3.8, 4) is 0 Å². The first-order valence-electron chi connectivity index (χ1n) is 6.74. The van der Waals surface area contributed by atoms with Crippen LogP contribution in [0.25, 0.3) is 0 Å². The number of nitrogens with two attached hydrogens (primary N) is 1. The highest BCUT2D eigenvalue weighted by Crippen LogP contribution is 2.17. The molecule has 1 aromatic carbocycles. The Kier molecular flexibility index (Phi) is 6.48. The molecule has 1 rings (SSSR count). The van der Waals surface area contributed by atoms with Crippen molar-refractivity contribution in [3.63, 3.8) is 0 Å². The second-order valence-corrected chi connectivity index (χ2v) is 4.76. The zero-order valence-electron chi connectivity index (χ0n) is 11.9. The van der Waals surface area contributed by atoms with Gasteiger partial charge in [0.15, 0.2) is 0 Å². The summed E-state index contributed by atoms with van der Waals surface area (Å²) < 4.78 is 36.8.